The zero-order valence-electron chi connectivity index (χ0n) is 20.7. The summed E-state index contributed by atoms with van der Waals surface area (Å²) in [7, 11) is 0. The van der Waals surface area contributed by atoms with Gasteiger partial charge in [-0.2, -0.15) is 0 Å². The first-order chi connectivity index (χ1) is 18.8. The Morgan fingerprint density at radius 3 is 1.53 bits per heavy atom. The van der Waals surface area contributed by atoms with Gasteiger partial charge in [0.25, 0.3) is 0 Å². The molecule has 2 heterocycles. The van der Waals surface area contributed by atoms with Gasteiger partial charge in [-0.05, 0) is 58.7 Å². The van der Waals surface area contributed by atoms with Crippen molar-refractivity contribution in [1.29, 1.82) is 0 Å². The standard InChI is InChI=1S/C35H24N2S/c1-3-9-25(10-4-1)27-15-19-29(20-16-27)37(30-21-17-28(18-22-30)26-11-5-2-6-12-26)31-23-33-32-13-7-8-14-34(32)38-35(33)36-24-31/h1-24H. The van der Waals surface area contributed by atoms with Crippen LogP contribution in [0.4, 0.5) is 17.1 Å². The van der Waals surface area contributed by atoms with Crippen molar-refractivity contribution in [2.45, 2.75) is 0 Å². The fourth-order valence-corrected chi connectivity index (χ4v) is 6.06. The normalized spacial score (nSPS) is 11.2. The second kappa shape index (κ2) is 9.62. The van der Waals surface area contributed by atoms with E-state index in [2.05, 4.69) is 144 Å². The number of hydrogen-bond donors (Lipinski definition) is 0. The van der Waals surface area contributed by atoms with Crippen LogP contribution in [0.5, 0.6) is 0 Å². The lowest BCUT2D eigenvalue weighted by atomic mass is 10.0. The Morgan fingerprint density at radius 2 is 0.947 bits per heavy atom. The molecule has 0 unspecified atom stereocenters. The van der Waals surface area contributed by atoms with E-state index in [-0.39, 0.29) is 0 Å². The summed E-state index contributed by atoms with van der Waals surface area (Å²) in [4.78, 5) is 8.26. The predicted molar refractivity (Wildman–Crippen MR) is 163 cm³/mol. The summed E-state index contributed by atoms with van der Waals surface area (Å²) in [5.74, 6) is 0. The third-order valence-corrected chi connectivity index (χ3v) is 8.04. The molecule has 0 radical (unpaired) electrons. The molecule has 38 heavy (non-hydrogen) atoms. The van der Waals surface area contributed by atoms with Crippen molar-refractivity contribution in [3.63, 3.8) is 0 Å². The third kappa shape index (κ3) is 4.13. The zero-order chi connectivity index (χ0) is 25.3. The van der Waals surface area contributed by atoms with Gasteiger partial charge in [-0.15, -0.1) is 11.3 Å². The lowest BCUT2D eigenvalue weighted by molar-refractivity contribution is 1.26. The molecule has 0 spiro atoms. The van der Waals surface area contributed by atoms with E-state index in [4.69, 9.17) is 4.98 Å². The lowest BCUT2D eigenvalue weighted by Gasteiger charge is -2.25. The van der Waals surface area contributed by atoms with E-state index >= 15 is 0 Å². The Morgan fingerprint density at radius 1 is 0.447 bits per heavy atom. The van der Waals surface area contributed by atoms with Gasteiger partial charge in [0.05, 0.1) is 11.9 Å². The third-order valence-electron chi connectivity index (χ3n) is 6.94. The zero-order valence-corrected chi connectivity index (χ0v) is 21.5. The largest absolute Gasteiger partial charge is 0.309 e. The molecule has 180 valence electrons. The Bertz CT molecular complexity index is 1760. The molecule has 0 fully saturated rings. The van der Waals surface area contributed by atoms with Crippen molar-refractivity contribution >= 4 is 48.7 Å². The van der Waals surface area contributed by atoms with Crippen LogP contribution in [0.15, 0.2) is 146 Å². The number of aromatic nitrogens is 1. The Kier molecular flexibility index (Phi) is 5.69. The lowest BCUT2D eigenvalue weighted by Crippen LogP contribution is -2.10. The first kappa shape index (κ1) is 22.5. The molecule has 2 nitrogen and oxygen atoms in total. The molecule has 0 amide bonds. The molecular weight excluding hydrogens is 480 g/mol. The number of rotatable bonds is 5. The Balaban J connectivity index is 1.35. The maximum Gasteiger partial charge on any atom is 0.124 e. The van der Waals surface area contributed by atoms with Crippen LogP contribution in [0.2, 0.25) is 0 Å². The summed E-state index contributed by atoms with van der Waals surface area (Å²) in [6.45, 7) is 0. The van der Waals surface area contributed by atoms with Crippen LogP contribution in [0, 0.1) is 0 Å². The number of thiophene rings is 1. The molecule has 3 heteroatoms. The smallest absolute Gasteiger partial charge is 0.124 e. The average Bonchev–Trinajstić information content (AvgIpc) is 3.37. The van der Waals surface area contributed by atoms with Crippen LogP contribution in [0.3, 0.4) is 0 Å². The van der Waals surface area contributed by atoms with Gasteiger partial charge in [0, 0.05) is 26.8 Å². The summed E-state index contributed by atoms with van der Waals surface area (Å²) in [6, 6.07) is 49.4. The number of benzene rings is 5. The van der Waals surface area contributed by atoms with E-state index in [0.29, 0.717) is 0 Å². The van der Waals surface area contributed by atoms with Gasteiger partial charge >= 0.3 is 0 Å². The van der Waals surface area contributed by atoms with Crippen molar-refractivity contribution in [3.8, 4) is 22.3 Å². The number of nitrogens with zero attached hydrogens (tertiary/aromatic N) is 2. The molecule has 0 N–H and O–H groups in total. The highest BCUT2D eigenvalue weighted by molar-refractivity contribution is 7.25. The summed E-state index contributed by atoms with van der Waals surface area (Å²) >= 11 is 1.74. The number of anilines is 3. The molecule has 5 aromatic carbocycles. The summed E-state index contributed by atoms with van der Waals surface area (Å²) in [5.41, 5.74) is 8.06. The Hall–Kier alpha value is -4.73. The van der Waals surface area contributed by atoms with E-state index in [9.17, 15) is 0 Å². The fraction of sp³-hybridized carbons (Fsp3) is 0. The van der Waals surface area contributed by atoms with Gasteiger partial charge in [-0.25, -0.2) is 4.98 Å². The van der Waals surface area contributed by atoms with Crippen molar-refractivity contribution in [1.82, 2.24) is 4.98 Å². The summed E-state index contributed by atoms with van der Waals surface area (Å²) < 4.78 is 1.26. The molecule has 0 atom stereocenters. The summed E-state index contributed by atoms with van der Waals surface area (Å²) in [5, 5.41) is 2.44. The van der Waals surface area contributed by atoms with Gasteiger partial charge < -0.3 is 4.90 Å². The van der Waals surface area contributed by atoms with Gasteiger partial charge in [-0.1, -0.05) is 103 Å². The Labute approximate surface area is 226 Å². The van der Waals surface area contributed by atoms with Crippen molar-refractivity contribution in [2.24, 2.45) is 0 Å². The topological polar surface area (TPSA) is 16.1 Å². The van der Waals surface area contributed by atoms with E-state index < -0.39 is 0 Å². The van der Waals surface area contributed by atoms with Gasteiger partial charge in [0.2, 0.25) is 0 Å². The minimum atomic E-state index is 1.04. The molecule has 2 aromatic heterocycles. The molecule has 0 saturated heterocycles. The SMILES string of the molecule is c1ccc(-c2ccc(N(c3ccc(-c4ccccc4)cc3)c3cnc4sc5ccccc5c4c3)cc2)cc1. The maximum atomic E-state index is 4.90. The van der Waals surface area contributed by atoms with Crippen LogP contribution in [-0.2, 0) is 0 Å². The highest BCUT2D eigenvalue weighted by atomic mass is 32.1. The molecule has 0 aliphatic heterocycles. The first-order valence-electron chi connectivity index (χ1n) is 12.7. The molecule has 0 saturated carbocycles. The molecule has 7 aromatic rings. The van der Waals surface area contributed by atoms with Crippen LogP contribution in [0.1, 0.15) is 0 Å². The summed E-state index contributed by atoms with van der Waals surface area (Å²) in [6.07, 6.45) is 1.99. The van der Waals surface area contributed by atoms with Crippen LogP contribution >= 0.6 is 11.3 Å². The van der Waals surface area contributed by atoms with Gasteiger partial charge in [0.1, 0.15) is 4.83 Å². The second-order valence-corrected chi connectivity index (χ2v) is 10.3. The van der Waals surface area contributed by atoms with E-state index in [1.54, 1.807) is 11.3 Å². The van der Waals surface area contributed by atoms with Crippen LogP contribution < -0.4 is 4.90 Å². The van der Waals surface area contributed by atoms with E-state index in [1.165, 1.54) is 37.7 Å². The quantitative estimate of drug-likeness (QED) is 0.232. The van der Waals surface area contributed by atoms with E-state index in [0.717, 1.165) is 21.9 Å². The number of fused-ring (bicyclic) bond motifs is 3. The van der Waals surface area contributed by atoms with E-state index in [1.807, 2.05) is 6.20 Å². The average molecular weight is 505 g/mol. The predicted octanol–water partition coefficient (Wildman–Crippen LogP) is 10.3. The highest BCUT2D eigenvalue weighted by Gasteiger charge is 2.16. The monoisotopic (exact) mass is 504 g/mol. The van der Waals surface area contributed by atoms with Crippen molar-refractivity contribution in [3.05, 3.63) is 146 Å². The number of pyridine rings is 1. The van der Waals surface area contributed by atoms with Crippen molar-refractivity contribution < 1.29 is 0 Å². The van der Waals surface area contributed by atoms with Crippen LogP contribution in [0.25, 0.3) is 42.6 Å². The maximum absolute atomic E-state index is 4.90. The van der Waals surface area contributed by atoms with Crippen LogP contribution in [-0.4, -0.2) is 4.98 Å². The van der Waals surface area contributed by atoms with Gasteiger partial charge in [0.15, 0.2) is 0 Å². The van der Waals surface area contributed by atoms with Gasteiger partial charge in [-0.3, -0.25) is 0 Å². The molecule has 0 aliphatic carbocycles. The van der Waals surface area contributed by atoms with Crippen molar-refractivity contribution in [2.75, 3.05) is 4.90 Å². The minimum absolute atomic E-state index is 1.04. The number of hydrogen-bond acceptors (Lipinski definition) is 3. The molecular formula is C35H24N2S. The minimum Gasteiger partial charge on any atom is -0.309 e. The second-order valence-electron chi connectivity index (χ2n) is 9.31. The molecule has 7 rings (SSSR count). The first-order valence-corrected chi connectivity index (χ1v) is 13.5. The fourth-order valence-electron chi connectivity index (χ4n) is 5.03. The molecule has 0 aliphatic rings. The highest BCUT2D eigenvalue weighted by Crippen LogP contribution is 2.40. The molecule has 0 bridgehead atoms.